The highest BCUT2D eigenvalue weighted by Gasteiger charge is 2.38. The van der Waals surface area contributed by atoms with Gasteiger partial charge in [0.15, 0.2) is 0 Å². The molecular weight excluding hydrogens is 388 g/mol. The second kappa shape index (κ2) is 10.2. The maximum absolute atomic E-state index is 13.3. The molecule has 2 fully saturated rings. The van der Waals surface area contributed by atoms with Crippen LogP contribution in [-0.4, -0.2) is 71.5 Å². The van der Waals surface area contributed by atoms with E-state index in [2.05, 4.69) is 16.0 Å². The Morgan fingerprint density at radius 2 is 1.87 bits per heavy atom. The molecule has 0 spiro atoms. The molecular formula is C21H28N4O5. The quantitative estimate of drug-likeness (QED) is 0.459. The fourth-order valence-electron chi connectivity index (χ4n) is 4.01. The van der Waals surface area contributed by atoms with Gasteiger partial charge in [-0.15, -0.1) is 0 Å². The molecule has 3 amide bonds. The van der Waals surface area contributed by atoms with E-state index in [-0.39, 0.29) is 17.9 Å². The molecule has 2 heterocycles. The van der Waals surface area contributed by atoms with Gasteiger partial charge in [-0.1, -0.05) is 30.3 Å². The maximum atomic E-state index is 13.3. The molecule has 0 saturated carbocycles. The summed E-state index contributed by atoms with van der Waals surface area (Å²) in [6.07, 6.45) is 3.06. The molecule has 30 heavy (non-hydrogen) atoms. The van der Waals surface area contributed by atoms with E-state index in [1.165, 1.54) is 4.90 Å². The minimum absolute atomic E-state index is 0.215. The molecule has 9 heteroatoms. The van der Waals surface area contributed by atoms with E-state index in [0.717, 1.165) is 24.9 Å². The number of carboxylic acids is 1. The lowest BCUT2D eigenvalue weighted by molar-refractivity contribution is -0.142. The first-order chi connectivity index (χ1) is 14.5. The number of nitrogens with one attached hydrogen (secondary N) is 3. The summed E-state index contributed by atoms with van der Waals surface area (Å²) in [5, 5.41) is 17.1. The van der Waals surface area contributed by atoms with E-state index in [4.69, 9.17) is 5.11 Å². The molecule has 3 rings (SSSR count). The van der Waals surface area contributed by atoms with Gasteiger partial charge in [-0.25, -0.2) is 0 Å². The summed E-state index contributed by atoms with van der Waals surface area (Å²) < 4.78 is 0. The second-order valence-electron chi connectivity index (χ2n) is 7.70. The number of rotatable bonds is 8. The summed E-state index contributed by atoms with van der Waals surface area (Å²) in [5.74, 6) is -2.16. The molecule has 0 radical (unpaired) electrons. The molecule has 0 unspecified atom stereocenters. The van der Waals surface area contributed by atoms with Gasteiger partial charge in [-0.2, -0.15) is 0 Å². The molecule has 2 aliphatic rings. The third-order valence-corrected chi connectivity index (χ3v) is 5.53. The van der Waals surface area contributed by atoms with Gasteiger partial charge in [0.2, 0.25) is 17.7 Å². The number of carbonyl (C=O) groups is 4. The average Bonchev–Trinajstić information content (AvgIpc) is 3.43. The van der Waals surface area contributed by atoms with Crippen molar-refractivity contribution in [3.05, 3.63) is 35.9 Å². The predicted octanol–water partition coefficient (Wildman–Crippen LogP) is -0.342. The Labute approximate surface area is 175 Å². The van der Waals surface area contributed by atoms with Crippen LogP contribution in [0.15, 0.2) is 30.3 Å². The van der Waals surface area contributed by atoms with Gasteiger partial charge < -0.3 is 26.0 Å². The van der Waals surface area contributed by atoms with E-state index < -0.39 is 30.5 Å². The van der Waals surface area contributed by atoms with Crippen LogP contribution in [0.2, 0.25) is 0 Å². The Balaban J connectivity index is 1.73. The summed E-state index contributed by atoms with van der Waals surface area (Å²) in [4.78, 5) is 50.6. The summed E-state index contributed by atoms with van der Waals surface area (Å²) in [7, 11) is 0. The molecule has 3 atom stereocenters. The average molecular weight is 416 g/mol. The van der Waals surface area contributed by atoms with Crippen molar-refractivity contribution in [2.24, 2.45) is 0 Å². The number of carboxylic acid groups (broad SMARTS) is 1. The van der Waals surface area contributed by atoms with Crippen LogP contribution in [0.4, 0.5) is 0 Å². The van der Waals surface area contributed by atoms with E-state index in [0.29, 0.717) is 25.8 Å². The maximum Gasteiger partial charge on any atom is 0.322 e. The molecule has 1 aromatic rings. The number of aliphatic carboxylic acids is 1. The molecule has 162 valence electrons. The number of benzene rings is 1. The largest absolute Gasteiger partial charge is 0.480 e. The normalized spacial score (nSPS) is 21.8. The SMILES string of the molecule is O=C(O)CNC(=O)[C@H]1CCCN1C(=O)[C@H](Cc1ccccc1)NC(=O)[C@@H]1CCCN1. The lowest BCUT2D eigenvalue weighted by Crippen LogP contribution is -2.56. The van der Waals surface area contributed by atoms with Crippen LogP contribution in [0.1, 0.15) is 31.2 Å². The third kappa shape index (κ3) is 5.56. The highest BCUT2D eigenvalue weighted by molar-refractivity contribution is 5.94. The molecule has 0 aliphatic carbocycles. The summed E-state index contributed by atoms with van der Waals surface area (Å²) >= 11 is 0. The number of hydrogen-bond donors (Lipinski definition) is 4. The van der Waals surface area contributed by atoms with Crippen LogP contribution < -0.4 is 16.0 Å². The summed E-state index contributed by atoms with van der Waals surface area (Å²) in [6.45, 7) is 0.676. The van der Waals surface area contributed by atoms with Gasteiger partial charge in [0, 0.05) is 13.0 Å². The molecule has 2 aliphatic heterocycles. The Kier molecular flexibility index (Phi) is 7.40. The van der Waals surface area contributed by atoms with E-state index >= 15 is 0 Å². The minimum atomic E-state index is -1.14. The van der Waals surface area contributed by atoms with Crippen molar-refractivity contribution in [3.63, 3.8) is 0 Å². The minimum Gasteiger partial charge on any atom is -0.480 e. The lowest BCUT2D eigenvalue weighted by Gasteiger charge is -2.29. The first-order valence-corrected chi connectivity index (χ1v) is 10.3. The molecule has 4 N–H and O–H groups in total. The van der Waals surface area contributed by atoms with E-state index in [1.807, 2.05) is 30.3 Å². The van der Waals surface area contributed by atoms with Crippen LogP contribution in [-0.2, 0) is 25.6 Å². The van der Waals surface area contributed by atoms with Crippen molar-refractivity contribution in [2.75, 3.05) is 19.6 Å². The van der Waals surface area contributed by atoms with E-state index in [9.17, 15) is 19.2 Å². The molecule has 0 bridgehead atoms. The van der Waals surface area contributed by atoms with Gasteiger partial charge in [0.05, 0.1) is 6.04 Å². The zero-order valence-corrected chi connectivity index (χ0v) is 16.8. The van der Waals surface area contributed by atoms with Gasteiger partial charge in [0.25, 0.3) is 0 Å². The fraction of sp³-hybridized carbons (Fsp3) is 0.524. The monoisotopic (exact) mass is 416 g/mol. The number of likely N-dealkylation sites (tertiary alicyclic amines) is 1. The van der Waals surface area contributed by atoms with Crippen LogP contribution >= 0.6 is 0 Å². The van der Waals surface area contributed by atoms with Crippen molar-refractivity contribution in [3.8, 4) is 0 Å². The van der Waals surface area contributed by atoms with Gasteiger partial charge >= 0.3 is 5.97 Å². The number of amides is 3. The summed E-state index contributed by atoms with van der Waals surface area (Å²) in [6, 6.07) is 7.56. The fourth-order valence-corrected chi connectivity index (χ4v) is 4.01. The first-order valence-electron chi connectivity index (χ1n) is 10.3. The van der Waals surface area contributed by atoms with Crippen molar-refractivity contribution in [1.29, 1.82) is 0 Å². The van der Waals surface area contributed by atoms with Crippen molar-refractivity contribution in [2.45, 2.75) is 50.2 Å². The highest BCUT2D eigenvalue weighted by atomic mass is 16.4. The molecule has 0 aromatic heterocycles. The zero-order chi connectivity index (χ0) is 21.5. The molecule has 9 nitrogen and oxygen atoms in total. The van der Waals surface area contributed by atoms with Crippen molar-refractivity contribution < 1.29 is 24.3 Å². The Morgan fingerprint density at radius 1 is 1.10 bits per heavy atom. The van der Waals surface area contributed by atoms with Crippen LogP contribution in [0, 0.1) is 0 Å². The van der Waals surface area contributed by atoms with Gasteiger partial charge in [0.1, 0.15) is 18.6 Å². The Bertz CT molecular complexity index is 779. The van der Waals surface area contributed by atoms with E-state index in [1.54, 1.807) is 0 Å². The number of nitrogens with zero attached hydrogens (tertiary/aromatic N) is 1. The number of carbonyl (C=O) groups excluding carboxylic acids is 3. The summed E-state index contributed by atoms with van der Waals surface area (Å²) in [5.41, 5.74) is 0.904. The zero-order valence-electron chi connectivity index (χ0n) is 16.8. The van der Waals surface area contributed by atoms with Crippen LogP contribution in [0.25, 0.3) is 0 Å². The molecule has 1 aromatic carbocycles. The van der Waals surface area contributed by atoms with Crippen LogP contribution in [0.5, 0.6) is 0 Å². The van der Waals surface area contributed by atoms with Gasteiger partial charge in [-0.3, -0.25) is 19.2 Å². The topological polar surface area (TPSA) is 128 Å². The smallest absolute Gasteiger partial charge is 0.322 e. The Hall–Kier alpha value is -2.94. The molecule has 2 saturated heterocycles. The van der Waals surface area contributed by atoms with Gasteiger partial charge in [-0.05, 0) is 37.8 Å². The Morgan fingerprint density at radius 3 is 2.53 bits per heavy atom. The lowest BCUT2D eigenvalue weighted by atomic mass is 10.0. The van der Waals surface area contributed by atoms with Crippen molar-refractivity contribution in [1.82, 2.24) is 20.9 Å². The third-order valence-electron chi connectivity index (χ3n) is 5.53. The standard InChI is InChI=1S/C21H28N4O5/c26-18(27)13-23-20(29)17-9-5-11-25(17)21(30)16(12-14-6-2-1-3-7-14)24-19(28)15-8-4-10-22-15/h1-3,6-7,15-17,22H,4-5,8-13H2,(H,23,29)(H,24,28)(H,26,27)/t15-,16-,17+/m0/s1. The highest BCUT2D eigenvalue weighted by Crippen LogP contribution is 2.20. The van der Waals surface area contributed by atoms with Crippen molar-refractivity contribution >= 4 is 23.7 Å². The first kappa shape index (κ1) is 21.8. The second-order valence-corrected chi connectivity index (χ2v) is 7.70. The predicted molar refractivity (Wildman–Crippen MR) is 108 cm³/mol. The van der Waals surface area contributed by atoms with Crippen LogP contribution in [0.3, 0.4) is 0 Å². The number of hydrogen-bond acceptors (Lipinski definition) is 5.